The Morgan fingerprint density at radius 3 is 2.50 bits per heavy atom. The van der Waals surface area contributed by atoms with Gasteiger partial charge in [-0.2, -0.15) is 0 Å². The van der Waals surface area contributed by atoms with Crippen LogP contribution >= 0.6 is 11.6 Å². The van der Waals surface area contributed by atoms with E-state index in [2.05, 4.69) is 6.92 Å². The average molecular weight is 239 g/mol. The number of hydrogen-bond donors (Lipinski definition) is 1. The summed E-state index contributed by atoms with van der Waals surface area (Å²) >= 11 is 6.11. The lowest BCUT2D eigenvalue weighted by molar-refractivity contribution is -0.0120. The molecule has 0 spiro atoms. The molecule has 1 saturated carbocycles. The van der Waals surface area contributed by atoms with Crippen LogP contribution in [-0.2, 0) is 5.60 Å². The molecule has 1 N–H and O–H groups in total. The van der Waals surface area contributed by atoms with Gasteiger partial charge in [-0.25, -0.2) is 0 Å². The Balaban J connectivity index is 2.25. The Labute approximate surface area is 102 Å². The molecule has 16 heavy (non-hydrogen) atoms. The second-order valence-corrected chi connectivity index (χ2v) is 5.59. The molecule has 0 atom stereocenters. The fourth-order valence-electron chi connectivity index (χ4n) is 2.41. The molecular formula is C14H19ClO. The maximum absolute atomic E-state index is 10.6. The maximum atomic E-state index is 10.6. The van der Waals surface area contributed by atoms with Crippen LogP contribution in [0.3, 0.4) is 0 Å². The first kappa shape index (κ1) is 11.9. The van der Waals surface area contributed by atoms with Gasteiger partial charge < -0.3 is 5.11 Å². The molecule has 0 aliphatic heterocycles. The molecule has 1 aliphatic carbocycles. The molecule has 0 bridgehead atoms. The minimum Gasteiger partial charge on any atom is -0.385 e. The van der Waals surface area contributed by atoms with Crippen molar-refractivity contribution in [3.63, 3.8) is 0 Å². The van der Waals surface area contributed by atoms with Gasteiger partial charge in [0.2, 0.25) is 0 Å². The average Bonchev–Trinajstić information content (AvgIpc) is 2.26. The van der Waals surface area contributed by atoms with Crippen molar-refractivity contribution in [2.24, 2.45) is 5.92 Å². The van der Waals surface area contributed by atoms with Crippen molar-refractivity contribution in [1.82, 2.24) is 0 Å². The highest BCUT2D eigenvalue weighted by Crippen LogP contribution is 2.40. The zero-order chi connectivity index (χ0) is 11.8. The summed E-state index contributed by atoms with van der Waals surface area (Å²) in [5.74, 6) is 0.737. The Bertz CT molecular complexity index is 378. The number of hydrogen-bond acceptors (Lipinski definition) is 1. The minimum absolute atomic E-state index is 0.649. The van der Waals surface area contributed by atoms with Crippen molar-refractivity contribution < 1.29 is 5.11 Å². The normalized spacial score (nSPS) is 30.4. The summed E-state index contributed by atoms with van der Waals surface area (Å²) in [5.41, 5.74) is 1.40. The predicted molar refractivity (Wildman–Crippen MR) is 67.7 cm³/mol. The number of aliphatic hydroxyl groups is 1. The third-order valence-corrected chi connectivity index (χ3v) is 4.22. The van der Waals surface area contributed by atoms with Crippen molar-refractivity contribution in [3.8, 4) is 0 Å². The van der Waals surface area contributed by atoms with Crippen molar-refractivity contribution in [2.75, 3.05) is 0 Å². The molecule has 1 aromatic carbocycles. The second-order valence-electron chi connectivity index (χ2n) is 5.18. The molecule has 88 valence electrons. The summed E-state index contributed by atoms with van der Waals surface area (Å²) in [7, 11) is 0. The van der Waals surface area contributed by atoms with Crippen LogP contribution in [0, 0.1) is 12.8 Å². The lowest BCUT2D eigenvalue weighted by Crippen LogP contribution is -2.30. The summed E-state index contributed by atoms with van der Waals surface area (Å²) in [6.07, 6.45) is 3.91. The Hall–Kier alpha value is -0.530. The summed E-state index contributed by atoms with van der Waals surface area (Å²) < 4.78 is 0. The van der Waals surface area contributed by atoms with Gasteiger partial charge in [-0.15, -0.1) is 0 Å². The summed E-state index contributed by atoms with van der Waals surface area (Å²) in [6, 6.07) is 5.93. The van der Waals surface area contributed by atoms with E-state index in [0.717, 1.165) is 47.8 Å². The van der Waals surface area contributed by atoms with E-state index in [1.54, 1.807) is 0 Å². The Morgan fingerprint density at radius 2 is 1.94 bits per heavy atom. The highest BCUT2D eigenvalue weighted by atomic mass is 35.5. The van der Waals surface area contributed by atoms with Gasteiger partial charge in [0.1, 0.15) is 0 Å². The standard InChI is InChI=1S/C14H19ClO/c1-10-5-7-14(16,8-6-10)12-4-3-11(2)13(15)9-12/h3-4,9-10,16H,5-8H2,1-2H3. The van der Waals surface area contributed by atoms with E-state index in [1.807, 2.05) is 25.1 Å². The van der Waals surface area contributed by atoms with Crippen molar-refractivity contribution >= 4 is 11.6 Å². The Kier molecular flexibility index (Phi) is 3.27. The third kappa shape index (κ3) is 2.26. The van der Waals surface area contributed by atoms with E-state index in [-0.39, 0.29) is 0 Å². The largest absolute Gasteiger partial charge is 0.385 e. The predicted octanol–water partition coefficient (Wildman–Crippen LogP) is 4.05. The van der Waals surface area contributed by atoms with E-state index < -0.39 is 5.60 Å². The summed E-state index contributed by atoms with van der Waals surface area (Å²) in [5, 5.41) is 11.4. The highest BCUT2D eigenvalue weighted by molar-refractivity contribution is 6.31. The van der Waals surface area contributed by atoms with Crippen LogP contribution in [0.2, 0.25) is 5.02 Å². The van der Waals surface area contributed by atoms with E-state index in [1.165, 1.54) is 0 Å². The molecule has 1 fully saturated rings. The second kappa shape index (κ2) is 4.38. The molecule has 2 heteroatoms. The maximum Gasteiger partial charge on any atom is 0.0897 e. The molecular weight excluding hydrogens is 220 g/mol. The molecule has 0 unspecified atom stereocenters. The molecule has 1 aromatic rings. The van der Waals surface area contributed by atoms with Crippen LogP contribution in [0.25, 0.3) is 0 Å². The zero-order valence-corrected chi connectivity index (χ0v) is 10.7. The highest BCUT2D eigenvalue weighted by Gasteiger charge is 2.33. The van der Waals surface area contributed by atoms with Gasteiger partial charge in [-0.3, -0.25) is 0 Å². The number of rotatable bonds is 1. The van der Waals surface area contributed by atoms with Crippen LogP contribution in [0.15, 0.2) is 18.2 Å². The van der Waals surface area contributed by atoms with E-state index >= 15 is 0 Å². The molecule has 1 aliphatic rings. The number of aryl methyl sites for hydroxylation is 1. The SMILES string of the molecule is Cc1ccc(C2(O)CCC(C)CC2)cc1Cl. The zero-order valence-electron chi connectivity index (χ0n) is 9.96. The first-order valence-electron chi connectivity index (χ1n) is 6.00. The van der Waals surface area contributed by atoms with E-state index in [9.17, 15) is 5.11 Å². The first-order valence-corrected chi connectivity index (χ1v) is 6.38. The summed E-state index contributed by atoms with van der Waals surface area (Å²) in [6.45, 7) is 4.24. The fourth-order valence-corrected chi connectivity index (χ4v) is 2.59. The van der Waals surface area contributed by atoms with Gasteiger partial charge in [0.25, 0.3) is 0 Å². The molecule has 0 radical (unpaired) electrons. The van der Waals surface area contributed by atoms with Crippen molar-refractivity contribution in [2.45, 2.75) is 45.1 Å². The van der Waals surface area contributed by atoms with Crippen LogP contribution in [0.4, 0.5) is 0 Å². The third-order valence-electron chi connectivity index (χ3n) is 3.81. The number of halogens is 1. The summed E-state index contributed by atoms with van der Waals surface area (Å²) in [4.78, 5) is 0. The van der Waals surface area contributed by atoms with Crippen molar-refractivity contribution in [3.05, 3.63) is 34.3 Å². The van der Waals surface area contributed by atoms with E-state index in [4.69, 9.17) is 11.6 Å². The smallest absolute Gasteiger partial charge is 0.0897 e. The van der Waals surface area contributed by atoms with Gasteiger partial charge in [-0.05, 0) is 55.7 Å². The molecule has 0 amide bonds. The van der Waals surface area contributed by atoms with Gasteiger partial charge in [-0.1, -0.05) is 30.7 Å². The van der Waals surface area contributed by atoms with Crippen LogP contribution in [-0.4, -0.2) is 5.11 Å². The van der Waals surface area contributed by atoms with Crippen LogP contribution < -0.4 is 0 Å². The lowest BCUT2D eigenvalue weighted by atomic mass is 9.76. The quantitative estimate of drug-likeness (QED) is 0.783. The number of benzene rings is 1. The van der Waals surface area contributed by atoms with Gasteiger partial charge >= 0.3 is 0 Å². The van der Waals surface area contributed by atoms with E-state index in [0.29, 0.717) is 0 Å². The van der Waals surface area contributed by atoms with Gasteiger partial charge in [0, 0.05) is 5.02 Å². The van der Waals surface area contributed by atoms with Crippen LogP contribution in [0.5, 0.6) is 0 Å². The fraction of sp³-hybridized carbons (Fsp3) is 0.571. The Morgan fingerprint density at radius 1 is 1.31 bits per heavy atom. The van der Waals surface area contributed by atoms with Crippen LogP contribution in [0.1, 0.15) is 43.7 Å². The van der Waals surface area contributed by atoms with Crippen molar-refractivity contribution in [1.29, 1.82) is 0 Å². The molecule has 2 rings (SSSR count). The minimum atomic E-state index is -0.649. The molecule has 1 nitrogen and oxygen atoms in total. The molecule has 0 aromatic heterocycles. The van der Waals surface area contributed by atoms with Gasteiger partial charge in [0.15, 0.2) is 0 Å². The lowest BCUT2D eigenvalue weighted by Gasteiger charge is -2.35. The monoisotopic (exact) mass is 238 g/mol. The molecule has 0 heterocycles. The van der Waals surface area contributed by atoms with Gasteiger partial charge in [0.05, 0.1) is 5.60 Å². The molecule has 0 saturated heterocycles. The topological polar surface area (TPSA) is 20.2 Å². The first-order chi connectivity index (χ1) is 7.51.